The zero-order valence-electron chi connectivity index (χ0n) is 13.2. The summed E-state index contributed by atoms with van der Waals surface area (Å²) in [6.45, 7) is 9.37. The van der Waals surface area contributed by atoms with Crippen LogP contribution >= 0.6 is 23.2 Å². The number of benzene rings is 1. The molecule has 1 unspecified atom stereocenters. The van der Waals surface area contributed by atoms with E-state index in [1.54, 1.807) is 6.07 Å². The van der Waals surface area contributed by atoms with E-state index in [9.17, 15) is 0 Å². The highest BCUT2D eigenvalue weighted by Crippen LogP contribution is 2.27. The molecule has 0 radical (unpaired) electrons. The van der Waals surface area contributed by atoms with Crippen LogP contribution in [0, 0.1) is 5.41 Å². The highest BCUT2D eigenvalue weighted by Gasteiger charge is 2.33. The van der Waals surface area contributed by atoms with Gasteiger partial charge in [0.15, 0.2) is 5.96 Å². The molecule has 2 N–H and O–H groups in total. The maximum absolute atomic E-state index is 6.26. The molecule has 2 rings (SSSR count). The monoisotopic (exact) mass is 343 g/mol. The minimum Gasteiger partial charge on any atom is -0.380 e. The maximum atomic E-state index is 6.26. The van der Waals surface area contributed by atoms with E-state index in [2.05, 4.69) is 29.5 Å². The Kier molecular flexibility index (Phi) is 5.95. The Labute approximate surface area is 142 Å². The molecule has 1 aromatic carbocycles. The first-order chi connectivity index (χ1) is 10.4. The zero-order valence-corrected chi connectivity index (χ0v) is 14.8. The second-order valence-corrected chi connectivity index (χ2v) is 6.87. The lowest BCUT2D eigenvalue weighted by molar-refractivity contribution is -0.0945. The minimum atomic E-state index is 0.0352. The molecular weight excluding hydrogens is 321 g/mol. The molecule has 1 saturated heterocycles. The van der Waals surface area contributed by atoms with E-state index in [0.717, 1.165) is 37.8 Å². The van der Waals surface area contributed by atoms with Gasteiger partial charge in [-0.2, -0.15) is 0 Å². The van der Waals surface area contributed by atoms with Gasteiger partial charge in [0.25, 0.3) is 0 Å². The van der Waals surface area contributed by atoms with E-state index in [1.165, 1.54) is 0 Å². The number of aliphatic imine (C=N–C) groups is 1. The van der Waals surface area contributed by atoms with Gasteiger partial charge >= 0.3 is 0 Å². The summed E-state index contributed by atoms with van der Waals surface area (Å²) in [5.41, 5.74) is 1.15. The molecular formula is C16H23Cl2N3O. The normalized spacial score (nSPS) is 18.5. The van der Waals surface area contributed by atoms with Crippen LogP contribution in [0.4, 0.5) is 0 Å². The number of nitrogens with zero attached hydrogens (tertiary/aromatic N) is 1. The van der Waals surface area contributed by atoms with Crippen molar-refractivity contribution in [2.75, 3.05) is 26.3 Å². The highest BCUT2D eigenvalue weighted by atomic mass is 35.5. The number of hydrogen-bond donors (Lipinski definition) is 2. The molecule has 0 bridgehead atoms. The van der Waals surface area contributed by atoms with Crippen LogP contribution in [0.2, 0.25) is 10.0 Å². The van der Waals surface area contributed by atoms with Crippen molar-refractivity contribution >= 4 is 29.2 Å². The summed E-state index contributed by atoms with van der Waals surface area (Å²) in [6, 6.07) is 5.58. The Morgan fingerprint density at radius 2 is 2.14 bits per heavy atom. The standard InChI is InChI=1S/C16H23Cl2N3O/c1-4-19-15(20-8-16(3)9-22-10-16)21-11(2)13-6-5-12(17)7-14(13)18/h5-7,11H,4,8-10H2,1-3H3,(H2,19,20,21). The van der Waals surface area contributed by atoms with Gasteiger partial charge in [0, 0.05) is 22.0 Å². The van der Waals surface area contributed by atoms with E-state index in [4.69, 9.17) is 27.9 Å². The summed E-state index contributed by atoms with van der Waals surface area (Å²) < 4.78 is 5.27. The number of ether oxygens (including phenoxy) is 1. The van der Waals surface area contributed by atoms with E-state index >= 15 is 0 Å². The third kappa shape index (κ3) is 4.51. The van der Waals surface area contributed by atoms with Gasteiger partial charge in [-0.05, 0) is 31.5 Å². The third-order valence-corrected chi connectivity index (χ3v) is 4.21. The summed E-state index contributed by atoms with van der Waals surface area (Å²) in [6.07, 6.45) is 0. The average molecular weight is 344 g/mol. The quantitative estimate of drug-likeness (QED) is 0.633. The van der Waals surface area contributed by atoms with Crippen LogP contribution in [0.3, 0.4) is 0 Å². The van der Waals surface area contributed by atoms with Crippen LogP contribution in [-0.2, 0) is 4.74 Å². The number of hydrogen-bond acceptors (Lipinski definition) is 2. The van der Waals surface area contributed by atoms with Crippen LogP contribution < -0.4 is 10.6 Å². The molecule has 0 amide bonds. The molecule has 1 fully saturated rings. The largest absolute Gasteiger partial charge is 0.380 e. The fraction of sp³-hybridized carbons (Fsp3) is 0.562. The van der Waals surface area contributed by atoms with Crippen molar-refractivity contribution < 1.29 is 4.74 Å². The van der Waals surface area contributed by atoms with Crippen LogP contribution in [0.1, 0.15) is 32.4 Å². The predicted molar refractivity (Wildman–Crippen MR) is 92.9 cm³/mol. The van der Waals surface area contributed by atoms with Crippen molar-refractivity contribution in [3.8, 4) is 0 Å². The van der Waals surface area contributed by atoms with Gasteiger partial charge in [-0.15, -0.1) is 0 Å². The Balaban J connectivity index is 2.04. The Morgan fingerprint density at radius 3 is 2.68 bits per heavy atom. The summed E-state index contributed by atoms with van der Waals surface area (Å²) in [7, 11) is 0. The molecule has 1 heterocycles. The SMILES string of the molecule is CCNC(=NCC1(C)COC1)NC(C)c1ccc(Cl)cc1Cl. The summed E-state index contributed by atoms with van der Waals surface area (Å²) >= 11 is 12.2. The number of rotatable bonds is 5. The van der Waals surface area contributed by atoms with Crippen molar-refractivity contribution in [2.45, 2.75) is 26.8 Å². The molecule has 122 valence electrons. The van der Waals surface area contributed by atoms with Gasteiger partial charge in [0.1, 0.15) is 0 Å². The van der Waals surface area contributed by atoms with Crippen molar-refractivity contribution in [3.63, 3.8) is 0 Å². The van der Waals surface area contributed by atoms with Crippen molar-refractivity contribution in [2.24, 2.45) is 10.4 Å². The second-order valence-electron chi connectivity index (χ2n) is 6.03. The van der Waals surface area contributed by atoms with E-state index in [1.807, 2.05) is 19.1 Å². The topological polar surface area (TPSA) is 45.7 Å². The lowest BCUT2D eigenvalue weighted by Crippen LogP contribution is -2.44. The van der Waals surface area contributed by atoms with Gasteiger partial charge < -0.3 is 15.4 Å². The first kappa shape index (κ1) is 17.4. The Bertz CT molecular complexity index is 544. The molecule has 0 saturated carbocycles. The molecule has 6 heteroatoms. The average Bonchev–Trinajstić information content (AvgIpc) is 2.42. The van der Waals surface area contributed by atoms with E-state index in [0.29, 0.717) is 10.0 Å². The highest BCUT2D eigenvalue weighted by molar-refractivity contribution is 6.35. The van der Waals surface area contributed by atoms with Crippen LogP contribution in [0.25, 0.3) is 0 Å². The Hall–Kier alpha value is -0.970. The number of nitrogens with one attached hydrogen (secondary N) is 2. The van der Waals surface area contributed by atoms with E-state index in [-0.39, 0.29) is 11.5 Å². The zero-order chi connectivity index (χ0) is 16.2. The molecule has 0 spiro atoms. The van der Waals surface area contributed by atoms with Crippen molar-refractivity contribution in [1.29, 1.82) is 0 Å². The van der Waals surface area contributed by atoms with Crippen LogP contribution in [0.5, 0.6) is 0 Å². The van der Waals surface area contributed by atoms with Crippen LogP contribution in [-0.4, -0.2) is 32.3 Å². The Morgan fingerprint density at radius 1 is 1.41 bits per heavy atom. The van der Waals surface area contributed by atoms with Crippen molar-refractivity contribution in [3.05, 3.63) is 33.8 Å². The van der Waals surface area contributed by atoms with Gasteiger partial charge in [0.05, 0.1) is 25.8 Å². The summed E-state index contributed by atoms with van der Waals surface area (Å²) in [4.78, 5) is 4.67. The molecule has 22 heavy (non-hydrogen) atoms. The molecule has 1 atom stereocenters. The third-order valence-electron chi connectivity index (χ3n) is 3.65. The van der Waals surface area contributed by atoms with Gasteiger partial charge in [-0.3, -0.25) is 4.99 Å². The number of guanidine groups is 1. The fourth-order valence-corrected chi connectivity index (χ4v) is 2.84. The molecule has 1 aliphatic heterocycles. The number of halogens is 2. The van der Waals surface area contributed by atoms with Crippen LogP contribution in [0.15, 0.2) is 23.2 Å². The molecule has 0 aliphatic carbocycles. The van der Waals surface area contributed by atoms with Gasteiger partial charge in [-0.25, -0.2) is 0 Å². The maximum Gasteiger partial charge on any atom is 0.191 e. The van der Waals surface area contributed by atoms with E-state index < -0.39 is 0 Å². The van der Waals surface area contributed by atoms with Crippen molar-refractivity contribution in [1.82, 2.24) is 10.6 Å². The lowest BCUT2D eigenvalue weighted by atomic mass is 9.89. The summed E-state index contributed by atoms with van der Waals surface area (Å²) in [5.74, 6) is 0.786. The molecule has 0 aromatic heterocycles. The summed E-state index contributed by atoms with van der Waals surface area (Å²) in [5, 5.41) is 7.94. The molecule has 1 aromatic rings. The lowest BCUT2D eigenvalue weighted by Gasteiger charge is -2.36. The van der Waals surface area contributed by atoms with Gasteiger partial charge in [-0.1, -0.05) is 36.2 Å². The van der Waals surface area contributed by atoms with Gasteiger partial charge in [0.2, 0.25) is 0 Å². The first-order valence-electron chi connectivity index (χ1n) is 7.51. The predicted octanol–water partition coefficient (Wildman–Crippen LogP) is 3.65. The second kappa shape index (κ2) is 7.53. The first-order valence-corrected chi connectivity index (χ1v) is 8.27. The molecule has 4 nitrogen and oxygen atoms in total. The molecule has 1 aliphatic rings. The minimum absolute atomic E-state index is 0.0352. The smallest absolute Gasteiger partial charge is 0.191 e. The fourth-order valence-electron chi connectivity index (χ4n) is 2.27.